The first-order chi connectivity index (χ1) is 17.5. The van der Waals surface area contributed by atoms with Crippen LogP contribution in [0.4, 0.5) is 11.6 Å². The van der Waals surface area contributed by atoms with E-state index in [2.05, 4.69) is 36.2 Å². The maximum Gasteiger partial charge on any atom is 0.319 e. The molecule has 3 fully saturated rings. The topological polar surface area (TPSA) is 152 Å². The van der Waals surface area contributed by atoms with Gasteiger partial charge in [0.2, 0.25) is 0 Å². The molecule has 36 heavy (non-hydrogen) atoms. The minimum atomic E-state index is -0.213. The fraction of sp³-hybridized carbons (Fsp3) is 0.600. The molecule has 2 unspecified atom stereocenters. The van der Waals surface area contributed by atoms with Gasteiger partial charge in [0, 0.05) is 31.1 Å². The van der Waals surface area contributed by atoms with Crippen molar-refractivity contribution in [1.82, 2.24) is 25.3 Å². The number of aromatic nitrogens is 4. The Morgan fingerprint density at radius 1 is 1.25 bits per heavy atom. The Morgan fingerprint density at radius 3 is 2.75 bits per heavy atom. The molecule has 2 aromatic heterocycles. The number of nitrogens with two attached hydrogens (primary N) is 1. The minimum absolute atomic E-state index is 0.0365. The van der Waals surface area contributed by atoms with Crippen LogP contribution in [0.5, 0.6) is 11.8 Å². The smallest absolute Gasteiger partial charge is 0.319 e. The molecule has 2 aliphatic carbocycles. The lowest BCUT2D eigenvalue weighted by molar-refractivity contribution is 0.0929. The lowest BCUT2D eigenvalue weighted by atomic mass is 9.98. The number of amides is 1. The molecule has 190 valence electrons. The van der Waals surface area contributed by atoms with Crippen LogP contribution < -0.4 is 25.4 Å². The number of nitriles is 1. The first kappa shape index (κ1) is 24.0. The van der Waals surface area contributed by atoms with Crippen molar-refractivity contribution >= 4 is 17.5 Å². The van der Waals surface area contributed by atoms with Gasteiger partial charge in [-0.25, -0.2) is 9.97 Å². The molecule has 2 saturated carbocycles. The third-order valence-electron chi connectivity index (χ3n) is 7.25. The van der Waals surface area contributed by atoms with E-state index < -0.39 is 0 Å². The fourth-order valence-corrected chi connectivity index (χ4v) is 4.50. The number of carbonyl (C=O) groups excluding carboxylic acids is 1. The van der Waals surface area contributed by atoms with Crippen LogP contribution in [0.1, 0.15) is 49.5 Å². The zero-order chi connectivity index (χ0) is 25.1. The summed E-state index contributed by atoms with van der Waals surface area (Å²) in [5.74, 6) is 2.45. The number of nitrogen functional groups attached to an aromatic ring is 1. The average molecular weight is 493 g/mol. The van der Waals surface area contributed by atoms with Crippen LogP contribution in [-0.4, -0.2) is 58.2 Å². The zero-order valence-corrected chi connectivity index (χ0v) is 20.5. The molecule has 0 bridgehead atoms. The highest BCUT2D eigenvalue weighted by molar-refractivity contribution is 5.93. The van der Waals surface area contributed by atoms with Crippen LogP contribution in [0.15, 0.2) is 18.6 Å². The predicted octanol–water partition coefficient (Wildman–Crippen LogP) is 2.21. The Kier molecular flexibility index (Phi) is 7.02. The number of rotatable bonds is 10. The predicted molar refractivity (Wildman–Crippen MR) is 131 cm³/mol. The summed E-state index contributed by atoms with van der Waals surface area (Å²) >= 11 is 0. The van der Waals surface area contributed by atoms with Crippen LogP contribution >= 0.6 is 0 Å². The molecule has 1 amide bonds. The molecule has 2 aromatic rings. The van der Waals surface area contributed by atoms with Gasteiger partial charge >= 0.3 is 6.01 Å². The Bertz CT molecular complexity index is 1130. The lowest BCUT2D eigenvalue weighted by Crippen LogP contribution is -2.37. The first-order valence-corrected chi connectivity index (χ1v) is 12.7. The zero-order valence-electron chi connectivity index (χ0n) is 20.5. The lowest BCUT2D eigenvalue weighted by Gasteiger charge is -2.32. The molecule has 5 rings (SSSR count). The number of nitrogens with one attached hydrogen (secondary N) is 1. The van der Waals surface area contributed by atoms with Gasteiger partial charge in [0.1, 0.15) is 17.8 Å². The molecule has 1 saturated heterocycles. The molecule has 3 heterocycles. The fourth-order valence-electron chi connectivity index (χ4n) is 4.50. The molecule has 0 aromatic carbocycles. The Hall–Kier alpha value is -3.68. The van der Waals surface area contributed by atoms with Crippen molar-refractivity contribution in [2.45, 2.75) is 45.1 Å². The minimum Gasteiger partial charge on any atom is -0.488 e. The van der Waals surface area contributed by atoms with Gasteiger partial charge in [-0.1, -0.05) is 0 Å². The Morgan fingerprint density at radius 2 is 2.06 bits per heavy atom. The summed E-state index contributed by atoms with van der Waals surface area (Å²) in [5, 5.41) is 12.1. The van der Waals surface area contributed by atoms with Gasteiger partial charge in [-0.3, -0.25) is 4.79 Å². The van der Waals surface area contributed by atoms with Crippen molar-refractivity contribution in [3.05, 3.63) is 24.3 Å². The van der Waals surface area contributed by atoms with E-state index in [-0.39, 0.29) is 29.8 Å². The summed E-state index contributed by atoms with van der Waals surface area (Å²) in [6, 6.07) is 4.31. The van der Waals surface area contributed by atoms with Crippen molar-refractivity contribution in [2.24, 2.45) is 23.7 Å². The van der Waals surface area contributed by atoms with Gasteiger partial charge < -0.3 is 25.4 Å². The van der Waals surface area contributed by atoms with E-state index in [1.165, 1.54) is 6.33 Å². The summed E-state index contributed by atoms with van der Waals surface area (Å²) in [4.78, 5) is 32.0. The van der Waals surface area contributed by atoms with Crippen molar-refractivity contribution in [3.63, 3.8) is 0 Å². The van der Waals surface area contributed by atoms with Gasteiger partial charge in [-0.15, -0.1) is 0 Å². The number of hydrogen-bond acceptors (Lipinski definition) is 10. The monoisotopic (exact) mass is 492 g/mol. The SMILES string of the molecule is CC(NC(=O)c1cc(N2CCC(COc3cncnc3N)CC2)nc(OC[C@H]2CC2C#N)n1)C1CC1. The van der Waals surface area contributed by atoms with Crippen LogP contribution in [-0.2, 0) is 0 Å². The molecule has 0 spiro atoms. The molecular weight excluding hydrogens is 460 g/mol. The van der Waals surface area contributed by atoms with E-state index in [1.807, 2.05) is 6.92 Å². The third kappa shape index (κ3) is 5.93. The third-order valence-corrected chi connectivity index (χ3v) is 7.25. The second-order valence-electron chi connectivity index (χ2n) is 10.0. The Labute approximate surface area is 210 Å². The maximum absolute atomic E-state index is 13.0. The quantitative estimate of drug-likeness (QED) is 0.505. The molecule has 1 aliphatic heterocycles. The van der Waals surface area contributed by atoms with Gasteiger partial charge in [0.15, 0.2) is 11.6 Å². The molecule has 3 atom stereocenters. The van der Waals surface area contributed by atoms with Crippen molar-refractivity contribution < 1.29 is 14.3 Å². The van der Waals surface area contributed by atoms with E-state index in [9.17, 15) is 4.79 Å². The van der Waals surface area contributed by atoms with Gasteiger partial charge in [0.05, 0.1) is 31.4 Å². The normalized spacial score (nSPS) is 22.4. The van der Waals surface area contributed by atoms with Crippen molar-refractivity contribution in [1.29, 1.82) is 5.26 Å². The molecule has 0 radical (unpaired) electrons. The van der Waals surface area contributed by atoms with Crippen LogP contribution in [0.25, 0.3) is 0 Å². The molecular formula is C25H32N8O3. The summed E-state index contributed by atoms with van der Waals surface area (Å²) in [7, 11) is 0. The summed E-state index contributed by atoms with van der Waals surface area (Å²) in [6.07, 6.45) is 7.91. The van der Waals surface area contributed by atoms with E-state index in [1.54, 1.807) is 12.3 Å². The number of ether oxygens (including phenoxy) is 2. The second kappa shape index (κ2) is 10.5. The number of anilines is 2. The van der Waals surface area contributed by atoms with E-state index >= 15 is 0 Å². The molecule has 11 nitrogen and oxygen atoms in total. The van der Waals surface area contributed by atoms with Crippen LogP contribution in [0.3, 0.4) is 0 Å². The van der Waals surface area contributed by atoms with E-state index in [0.29, 0.717) is 48.1 Å². The summed E-state index contributed by atoms with van der Waals surface area (Å²) in [5.41, 5.74) is 6.15. The van der Waals surface area contributed by atoms with Gasteiger partial charge in [-0.2, -0.15) is 15.2 Å². The van der Waals surface area contributed by atoms with Gasteiger partial charge in [-0.05, 0) is 50.9 Å². The second-order valence-corrected chi connectivity index (χ2v) is 10.0. The van der Waals surface area contributed by atoms with E-state index in [0.717, 1.165) is 45.2 Å². The summed E-state index contributed by atoms with van der Waals surface area (Å²) < 4.78 is 11.7. The van der Waals surface area contributed by atoms with Crippen molar-refractivity contribution in [3.8, 4) is 17.8 Å². The highest BCUT2D eigenvalue weighted by Gasteiger charge is 2.38. The number of hydrogen-bond donors (Lipinski definition) is 2. The molecule has 11 heteroatoms. The largest absolute Gasteiger partial charge is 0.488 e. The number of piperidine rings is 1. The van der Waals surface area contributed by atoms with E-state index in [4.69, 9.17) is 20.5 Å². The average Bonchev–Trinajstić information content (AvgIpc) is 3.82. The summed E-state index contributed by atoms with van der Waals surface area (Å²) in [6.45, 7) is 4.49. The van der Waals surface area contributed by atoms with Gasteiger partial charge in [0.25, 0.3) is 5.91 Å². The standard InChI is InChI=1S/C25H32N8O3/c1-15(17-2-3-17)30-24(34)20-9-22(32-25(31-20)36-13-19-8-18(19)10-26)33-6-4-16(5-7-33)12-35-21-11-28-14-29-23(21)27/h9,11,14-19H,2-8,12-13H2,1H3,(H,30,34)(H2,27,28,29)/t15?,18?,19-/m1/s1. The molecule has 3 N–H and O–H groups in total. The van der Waals surface area contributed by atoms with Crippen LogP contribution in [0, 0.1) is 35.0 Å². The highest BCUT2D eigenvalue weighted by Crippen LogP contribution is 2.38. The van der Waals surface area contributed by atoms with Crippen LogP contribution in [0.2, 0.25) is 0 Å². The van der Waals surface area contributed by atoms with Crippen molar-refractivity contribution in [2.75, 3.05) is 36.9 Å². The first-order valence-electron chi connectivity index (χ1n) is 12.7. The molecule has 3 aliphatic rings. The highest BCUT2D eigenvalue weighted by atomic mass is 16.5. The maximum atomic E-state index is 13.0. The number of carbonyl (C=O) groups is 1. The Balaban J connectivity index is 1.23. The number of nitrogens with zero attached hydrogens (tertiary/aromatic N) is 6.